The van der Waals surface area contributed by atoms with Crippen LogP contribution in [0.25, 0.3) is 0 Å². The van der Waals surface area contributed by atoms with Crippen LogP contribution in [0.4, 0.5) is 0 Å². The Bertz CT molecular complexity index is 284. The Hall–Kier alpha value is -0.890. The van der Waals surface area contributed by atoms with E-state index in [0.717, 1.165) is 11.6 Å². The molecule has 2 heteroatoms. The van der Waals surface area contributed by atoms with Crippen LogP contribution in [0.2, 0.25) is 0 Å². The molecule has 1 aliphatic carbocycles. The highest BCUT2D eigenvalue weighted by Crippen LogP contribution is 2.28. The molecule has 1 aromatic heterocycles. The molecule has 3 atom stereocenters. The highest BCUT2D eigenvalue weighted by molar-refractivity contribution is 5.08. The number of rotatable bonds is 3. The Morgan fingerprint density at radius 2 is 2.29 bits per heavy atom. The van der Waals surface area contributed by atoms with Crippen LogP contribution in [0, 0.1) is 5.92 Å². The minimum absolute atomic E-state index is 0.379. The van der Waals surface area contributed by atoms with Gasteiger partial charge in [-0.2, -0.15) is 0 Å². The minimum atomic E-state index is 0.379. The predicted molar refractivity (Wildman–Crippen MR) is 58.0 cm³/mol. The summed E-state index contributed by atoms with van der Waals surface area (Å²) < 4.78 is 0. The van der Waals surface area contributed by atoms with E-state index in [2.05, 4.69) is 30.2 Å². The molecule has 14 heavy (non-hydrogen) atoms. The van der Waals surface area contributed by atoms with Crippen molar-refractivity contribution in [3.8, 4) is 0 Å². The van der Waals surface area contributed by atoms with Gasteiger partial charge in [0, 0.05) is 18.3 Å². The summed E-state index contributed by atoms with van der Waals surface area (Å²) >= 11 is 0. The van der Waals surface area contributed by atoms with Crippen molar-refractivity contribution >= 4 is 0 Å². The molecule has 1 saturated carbocycles. The van der Waals surface area contributed by atoms with Crippen LogP contribution in [0.5, 0.6) is 0 Å². The largest absolute Gasteiger partial charge is 0.306 e. The van der Waals surface area contributed by atoms with Crippen molar-refractivity contribution in [2.24, 2.45) is 5.92 Å². The number of nitrogens with zero attached hydrogens (tertiary/aromatic N) is 1. The Kier molecular flexibility index (Phi) is 2.82. The van der Waals surface area contributed by atoms with Gasteiger partial charge in [0.2, 0.25) is 0 Å². The van der Waals surface area contributed by atoms with E-state index < -0.39 is 0 Å². The van der Waals surface area contributed by atoms with Crippen molar-refractivity contribution in [3.05, 3.63) is 30.1 Å². The number of hydrogen-bond donors (Lipinski definition) is 1. The predicted octanol–water partition coefficient (Wildman–Crippen LogP) is 2.53. The van der Waals surface area contributed by atoms with Gasteiger partial charge in [-0.3, -0.25) is 4.98 Å². The van der Waals surface area contributed by atoms with Crippen molar-refractivity contribution in [2.45, 2.75) is 38.8 Å². The fourth-order valence-corrected chi connectivity index (χ4v) is 1.95. The van der Waals surface area contributed by atoms with Gasteiger partial charge in [0.05, 0.1) is 5.69 Å². The maximum atomic E-state index is 4.35. The topological polar surface area (TPSA) is 24.9 Å². The zero-order valence-electron chi connectivity index (χ0n) is 8.90. The average Bonchev–Trinajstić information content (AvgIpc) is 2.24. The second kappa shape index (κ2) is 4.09. The van der Waals surface area contributed by atoms with Crippen molar-refractivity contribution < 1.29 is 0 Å². The van der Waals surface area contributed by atoms with Crippen LogP contribution < -0.4 is 5.32 Å². The number of pyridine rings is 1. The van der Waals surface area contributed by atoms with Gasteiger partial charge in [-0.25, -0.2) is 0 Å². The zero-order valence-corrected chi connectivity index (χ0v) is 8.90. The first-order valence-corrected chi connectivity index (χ1v) is 5.44. The number of hydrogen-bond acceptors (Lipinski definition) is 2. The first-order valence-electron chi connectivity index (χ1n) is 5.44. The Morgan fingerprint density at radius 1 is 1.43 bits per heavy atom. The Balaban J connectivity index is 1.92. The third kappa shape index (κ3) is 1.95. The van der Waals surface area contributed by atoms with Gasteiger partial charge in [-0.1, -0.05) is 13.0 Å². The number of aromatic nitrogens is 1. The molecule has 1 fully saturated rings. The third-order valence-electron chi connectivity index (χ3n) is 3.22. The number of nitrogens with one attached hydrogen (secondary N) is 1. The molecular formula is C12H18N2. The van der Waals surface area contributed by atoms with E-state index in [1.165, 1.54) is 12.8 Å². The van der Waals surface area contributed by atoms with Crippen LogP contribution in [0.3, 0.4) is 0 Å². The highest BCUT2D eigenvalue weighted by Gasteiger charge is 2.27. The molecular weight excluding hydrogens is 172 g/mol. The van der Waals surface area contributed by atoms with Crippen molar-refractivity contribution in [3.63, 3.8) is 0 Å². The molecule has 2 rings (SSSR count). The first kappa shape index (κ1) is 9.66. The molecule has 76 valence electrons. The van der Waals surface area contributed by atoms with Gasteiger partial charge in [0.25, 0.3) is 0 Å². The normalized spacial score (nSPS) is 28.1. The lowest BCUT2D eigenvalue weighted by Crippen LogP contribution is -2.43. The fraction of sp³-hybridized carbons (Fsp3) is 0.583. The average molecular weight is 190 g/mol. The van der Waals surface area contributed by atoms with E-state index in [-0.39, 0.29) is 0 Å². The first-order chi connectivity index (χ1) is 6.77. The monoisotopic (exact) mass is 190 g/mol. The molecule has 2 unspecified atom stereocenters. The van der Waals surface area contributed by atoms with E-state index in [1.54, 1.807) is 0 Å². The molecule has 0 radical (unpaired) electrons. The van der Waals surface area contributed by atoms with Crippen LogP contribution in [0.1, 0.15) is 38.4 Å². The van der Waals surface area contributed by atoms with Crippen LogP contribution in [-0.4, -0.2) is 11.0 Å². The lowest BCUT2D eigenvalue weighted by Gasteiger charge is -2.36. The zero-order chi connectivity index (χ0) is 9.97. The SMILES string of the molecule is CC1CCC1N[C@@H](C)c1ccccn1. The van der Waals surface area contributed by atoms with Gasteiger partial charge in [-0.05, 0) is 37.8 Å². The standard InChI is InChI=1S/C12H18N2/c1-9-6-7-11(9)14-10(2)12-5-3-4-8-13-12/h3-5,8-11,14H,6-7H2,1-2H3/t9?,10-,11?/m0/s1. The maximum Gasteiger partial charge on any atom is 0.0570 e. The summed E-state index contributed by atoms with van der Waals surface area (Å²) in [4.78, 5) is 4.35. The van der Waals surface area contributed by atoms with Crippen LogP contribution in [-0.2, 0) is 0 Å². The van der Waals surface area contributed by atoms with E-state index >= 15 is 0 Å². The fourth-order valence-electron chi connectivity index (χ4n) is 1.95. The second-order valence-electron chi connectivity index (χ2n) is 4.30. The molecule has 1 N–H and O–H groups in total. The molecule has 0 spiro atoms. The lowest BCUT2D eigenvalue weighted by atomic mass is 9.81. The summed E-state index contributed by atoms with van der Waals surface area (Å²) in [6.07, 6.45) is 4.54. The molecule has 0 aliphatic heterocycles. The molecule has 0 amide bonds. The van der Waals surface area contributed by atoms with Crippen molar-refractivity contribution in [1.82, 2.24) is 10.3 Å². The smallest absolute Gasteiger partial charge is 0.0570 e. The molecule has 1 aliphatic rings. The van der Waals surface area contributed by atoms with E-state index in [4.69, 9.17) is 0 Å². The lowest BCUT2D eigenvalue weighted by molar-refractivity contribution is 0.213. The summed E-state index contributed by atoms with van der Waals surface area (Å²) in [5.74, 6) is 0.834. The van der Waals surface area contributed by atoms with Crippen LogP contribution >= 0.6 is 0 Å². The summed E-state index contributed by atoms with van der Waals surface area (Å²) in [6, 6.07) is 7.17. The Labute approximate surface area is 85.7 Å². The van der Waals surface area contributed by atoms with Gasteiger partial charge in [0.15, 0.2) is 0 Å². The maximum absolute atomic E-state index is 4.35. The summed E-state index contributed by atoms with van der Waals surface area (Å²) in [6.45, 7) is 4.50. The molecule has 1 heterocycles. The van der Waals surface area contributed by atoms with E-state index in [1.807, 2.05) is 18.3 Å². The minimum Gasteiger partial charge on any atom is -0.306 e. The quantitative estimate of drug-likeness (QED) is 0.792. The van der Waals surface area contributed by atoms with Gasteiger partial charge in [-0.15, -0.1) is 0 Å². The van der Waals surface area contributed by atoms with Gasteiger partial charge in [0.1, 0.15) is 0 Å². The van der Waals surface area contributed by atoms with Crippen LogP contribution in [0.15, 0.2) is 24.4 Å². The molecule has 0 aromatic carbocycles. The summed E-state index contributed by atoms with van der Waals surface area (Å²) in [5, 5.41) is 3.62. The van der Waals surface area contributed by atoms with Gasteiger partial charge >= 0.3 is 0 Å². The summed E-state index contributed by atoms with van der Waals surface area (Å²) in [7, 11) is 0. The van der Waals surface area contributed by atoms with Gasteiger partial charge < -0.3 is 5.32 Å². The van der Waals surface area contributed by atoms with Crippen molar-refractivity contribution in [1.29, 1.82) is 0 Å². The molecule has 0 bridgehead atoms. The molecule has 1 aromatic rings. The van der Waals surface area contributed by atoms with E-state index in [0.29, 0.717) is 12.1 Å². The molecule has 2 nitrogen and oxygen atoms in total. The van der Waals surface area contributed by atoms with E-state index in [9.17, 15) is 0 Å². The molecule has 0 saturated heterocycles. The summed E-state index contributed by atoms with van der Waals surface area (Å²) in [5.41, 5.74) is 1.15. The highest BCUT2D eigenvalue weighted by atomic mass is 15.0. The second-order valence-corrected chi connectivity index (χ2v) is 4.30. The third-order valence-corrected chi connectivity index (χ3v) is 3.22. The Morgan fingerprint density at radius 3 is 2.79 bits per heavy atom. The van der Waals surface area contributed by atoms with Crippen molar-refractivity contribution in [2.75, 3.05) is 0 Å².